The van der Waals surface area contributed by atoms with Gasteiger partial charge in [0.1, 0.15) is 0 Å². The van der Waals surface area contributed by atoms with Gasteiger partial charge in [0.15, 0.2) is 10.7 Å². The van der Waals surface area contributed by atoms with Gasteiger partial charge >= 0.3 is 6.20 Å². The van der Waals surface area contributed by atoms with E-state index in [0.717, 1.165) is 12.6 Å². The molecule has 0 fully saturated rings. The molecule has 0 saturated heterocycles. The van der Waals surface area contributed by atoms with Gasteiger partial charge in [-0.3, -0.25) is 0 Å². The fraction of sp³-hybridized carbons (Fsp3) is 0.167. The number of benzene rings is 1. The van der Waals surface area contributed by atoms with Crippen LogP contribution in [0.25, 0.3) is 15.1 Å². The molecule has 4 heteroatoms. The molecule has 1 aromatic carbocycles. The van der Waals surface area contributed by atoms with E-state index in [2.05, 4.69) is 22.5 Å². The van der Waals surface area contributed by atoms with Gasteiger partial charge in [-0.2, -0.15) is 0 Å². The quantitative estimate of drug-likeness (QED) is 0.639. The van der Waals surface area contributed by atoms with E-state index < -0.39 is 0 Å². The molecule has 0 aliphatic heterocycles. The number of aliphatic hydroxyl groups is 1. The van der Waals surface area contributed by atoms with Gasteiger partial charge in [0, 0.05) is 11.1 Å². The Hall–Kier alpha value is -1.86. The molecule has 1 N–H and O–H groups in total. The molecule has 0 aliphatic rings. The molecule has 3 nitrogen and oxygen atoms in total. The summed E-state index contributed by atoms with van der Waals surface area (Å²) in [4.78, 5) is 2.79. The first-order chi connectivity index (χ1) is 7.81. The van der Waals surface area contributed by atoms with Gasteiger partial charge in [0.05, 0.1) is 0 Å². The van der Waals surface area contributed by atoms with Crippen molar-refractivity contribution < 1.29 is 5.11 Å². The molecule has 0 saturated carbocycles. The lowest BCUT2D eigenvalue weighted by atomic mass is 10.1. The maximum atomic E-state index is 9.33. The number of diazo groups is 1. The van der Waals surface area contributed by atoms with Gasteiger partial charge in [-0.05, 0) is 28.8 Å². The minimum atomic E-state index is 0.0952. The van der Waals surface area contributed by atoms with Crippen LogP contribution in [0.3, 0.4) is 0 Å². The number of nitrogens with zero attached hydrogens (tertiary/aromatic N) is 2. The molecular weight excluding hydrogens is 220 g/mol. The minimum Gasteiger partial charge on any atom is -0.505 e. The summed E-state index contributed by atoms with van der Waals surface area (Å²) >= 11 is 1.71. The number of aliphatic hydroxyl groups excluding tert-OH is 1. The van der Waals surface area contributed by atoms with Crippen LogP contribution in [-0.4, -0.2) is 5.11 Å². The summed E-state index contributed by atoms with van der Waals surface area (Å²) < 4.78 is 1.26. The highest BCUT2D eigenvalue weighted by molar-refractivity contribution is 7.17. The average Bonchev–Trinajstić information content (AvgIpc) is 2.70. The Balaban J connectivity index is 2.17. The zero-order valence-corrected chi connectivity index (χ0v) is 9.44. The van der Waals surface area contributed by atoms with Gasteiger partial charge in [-0.15, -0.1) is 11.3 Å². The summed E-state index contributed by atoms with van der Waals surface area (Å²) in [6, 6.07) is 8.20. The second kappa shape index (κ2) is 4.77. The lowest BCUT2D eigenvalue weighted by molar-refractivity contribution is 0.388. The fourth-order valence-corrected chi connectivity index (χ4v) is 2.62. The first kappa shape index (κ1) is 10.7. The molecule has 80 valence electrons. The molecule has 0 unspecified atom stereocenters. The summed E-state index contributed by atoms with van der Waals surface area (Å²) in [7, 11) is 0. The summed E-state index contributed by atoms with van der Waals surface area (Å²) in [5.74, 6) is 0.0952. The average molecular weight is 231 g/mol. The van der Waals surface area contributed by atoms with E-state index in [1.165, 1.54) is 15.6 Å². The SMILES string of the molecule is N#[N+]/C=C(/O)CCc1csc2ccccc12. The van der Waals surface area contributed by atoms with E-state index in [9.17, 15) is 5.11 Å². The third-order valence-electron chi connectivity index (χ3n) is 2.42. The second-order valence-corrected chi connectivity index (χ2v) is 4.40. The van der Waals surface area contributed by atoms with Gasteiger partial charge in [0.2, 0.25) is 5.39 Å². The Morgan fingerprint density at radius 3 is 3.06 bits per heavy atom. The van der Waals surface area contributed by atoms with Crippen LogP contribution >= 0.6 is 11.3 Å². The van der Waals surface area contributed by atoms with Gasteiger partial charge < -0.3 is 5.11 Å². The van der Waals surface area contributed by atoms with Crippen molar-refractivity contribution >= 4 is 21.4 Å². The third kappa shape index (κ3) is 2.20. The van der Waals surface area contributed by atoms with Gasteiger partial charge in [-0.1, -0.05) is 18.2 Å². The molecule has 0 spiro atoms. The van der Waals surface area contributed by atoms with Crippen molar-refractivity contribution in [1.29, 1.82) is 5.39 Å². The standard InChI is InChI=1S/C12H10N2OS/c13-14-7-10(15)6-5-9-8-16-12-4-2-1-3-11(9)12/h1-4,7-8H,5-6H2/p+1/b10-7+. The van der Waals surface area contributed by atoms with E-state index in [4.69, 9.17) is 5.39 Å². The number of rotatable bonds is 3. The Morgan fingerprint density at radius 1 is 1.44 bits per heavy atom. The summed E-state index contributed by atoms with van der Waals surface area (Å²) in [5.41, 5.74) is 1.22. The molecule has 0 aliphatic carbocycles. The van der Waals surface area contributed by atoms with Crippen molar-refractivity contribution in [2.24, 2.45) is 0 Å². The summed E-state index contributed by atoms with van der Waals surface area (Å²) in [5, 5.41) is 20.9. The lowest BCUT2D eigenvalue weighted by Gasteiger charge is -1.96. The molecule has 0 atom stereocenters. The van der Waals surface area contributed by atoms with E-state index in [0.29, 0.717) is 6.42 Å². The van der Waals surface area contributed by atoms with Gasteiger partial charge in [-0.25, -0.2) is 0 Å². The molecule has 1 aromatic heterocycles. The van der Waals surface area contributed by atoms with Crippen LogP contribution in [0, 0.1) is 5.39 Å². The maximum Gasteiger partial charge on any atom is 0.387 e. The second-order valence-electron chi connectivity index (χ2n) is 3.49. The first-order valence-electron chi connectivity index (χ1n) is 4.98. The summed E-state index contributed by atoms with van der Waals surface area (Å²) in [6.45, 7) is 0. The van der Waals surface area contributed by atoms with Crippen molar-refractivity contribution in [1.82, 2.24) is 0 Å². The van der Waals surface area contributed by atoms with Crippen LogP contribution in [0.5, 0.6) is 0 Å². The van der Waals surface area contributed by atoms with E-state index >= 15 is 0 Å². The van der Waals surface area contributed by atoms with Crippen molar-refractivity contribution in [2.45, 2.75) is 12.8 Å². The summed E-state index contributed by atoms with van der Waals surface area (Å²) in [6.07, 6.45) is 2.31. The highest BCUT2D eigenvalue weighted by atomic mass is 32.1. The normalized spacial score (nSPS) is 11.6. The molecule has 0 bridgehead atoms. The highest BCUT2D eigenvalue weighted by Gasteiger charge is 2.05. The predicted octanol–water partition coefficient (Wildman–Crippen LogP) is 4.09. The van der Waals surface area contributed by atoms with Gasteiger partial charge in [0.25, 0.3) is 0 Å². The Kier molecular flexibility index (Phi) is 3.18. The predicted molar refractivity (Wildman–Crippen MR) is 65.9 cm³/mol. The van der Waals surface area contributed by atoms with Crippen LogP contribution < -0.4 is 0 Å². The molecular formula is C12H11N2OS+. The van der Waals surface area contributed by atoms with E-state index in [-0.39, 0.29) is 5.76 Å². The highest BCUT2D eigenvalue weighted by Crippen LogP contribution is 2.26. The van der Waals surface area contributed by atoms with E-state index in [1.54, 1.807) is 11.3 Å². The Bertz CT molecular complexity index is 566. The molecule has 2 rings (SSSR count). The lowest BCUT2D eigenvalue weighted by Crippen LogP contribution is -1.86. The molecule has 16 heavy (non-hydrogen) atoms. The number of fused-ring (bicyclic) bond motifs is 1. The van der Waals surface area contributed by atoms with Crippen molar-refractivity contribution in [3.63, 3.8) is 0 Å². The van der Waals surface area contributed by atoms with Crippen LogP contribution in [-0.2, 0) is 6.42 Å². The molecule has 0 amide bonds. The Morgan fingerprint density at radius 2 is 2.25 bits per heavy atom. The zero-order valence-electron chi connectivity index (χ0n) is 8.63. The number of hydrogen-bond donors (Lipinski definition) is 1. The molecule has 2 aromatic rings. The third-order valence-corrected chi connectivity index (χ3v) is 3.43. The van der Waals surface area contributed by atoms with Crippen LogP contribution in [0.2, 0.25) is 0 Å². The number of hydrogen-bond acceptors (Lipinski definition) is 3. The smallest absolute Gasteiger partial charge is 0.387 e. The van der Waals surface area contributed by atoms with E-state index in [1.807, 2.05) is 12.1 Å². The zero-order chi connectivity index (χ0) is 11.4. The number of allylic oxidation sites excluding steroid dienone is 1. The topological polar surface area (TPSA) is 48.4 Å². The first-order valence-corrected chi connectivity index (χ1v) is 5.86. The number of aryl methyl sites for hydroxylation is 1. The van der Waals surface area contributed by atoms with Crippen LogP contribution in [0.4, 0.5) is 0 Å². The van der Waals surface area contributed by atoms with Crippen molar-refractivity contribution in [3.8, 4) is 0 Å². The number of thiophene rings is 1. The Labute approximate surface area is 97.3 Å². The van der Waals surface area contributed by atoms with Crippen LogP contribution in [0.15, 0.2) is 41.6 Å². The maximum absolute atomic E-state index is 9.33. The van der Waals surface area contributed by atoms with Crippen LogP contribution in [0.1, 0.15) is 12.0 Å². The monoisotopic (exact) mass is 231 g/mol. The van der Waals surface area contributed by atoms with Crippen molar-refractivity contribution in [2.75, 3.05) is 0 Å². The largest absolute Gasteiger partial charge is 0.505 e. The minimum absolute atomic E-state index is 0.0952. The molecule has 0 radical (unpaired) electrons. The molecule has 1 heterocycles. The fourth-order valence-electron chi connectivity index (χ4n) is 1.62. The van der Waals surface area contributed by atoms with Crippen molar-refractivity contribution in [3.05, 3.63) is 52.1 Å².